The van der Waals surface area contributed by atoms with E-state index in [2.05, 4.69) is 36.2 Å². The number of carbonyl (C=O) groups excluding carboxylic acids is 1. The molecule has 0 radical (unpaired) electrons. The summed E-state index contributed by atoms with van der Waals surface area (Å²) in [6, 6.07) is 24.3. The van der Waals surface area contributed by atoms with Gasteiger partial charge < -0.3 is 9.73 Å². The van der Waals surface area contributed by atoms with Crippen molar-refractivity contribution in [3.8, 4) is 11.1 Å². The zero-order valence-corrected chi connectivity index (χ0v) is 21.1. The van der Waals surface area contributed by atoms with Crippen molar-refractivity contribution >= 4 is 22.6 Å². The van der Waals surface area contributed by atoms with Crippen LogP contribution in [0.4, 0.5) is 5.69 Å². The summed E-state index contributed by atoms with van der Waals surface area (Å²) in [4.78, 5) is 28.0. The zero-order valence-electron chi connectivity index (χ0n) is 21.1. The molecule has 5 nitrogen and oxygen atoms in total. The van der Waals surface area contributed by atoms with Crippen molar-refractivity contribution < 1.29 is 9.21 Å². The summed E-state index contributed by atoms with van der Waals surface area (Å²) in [7, 11) is 0. The van der Waals surface area contributed by atoms with E-state index in [1.54, 1.807) is 30.3 Å². The molecule has 1 aromatic heterocycles. The predicted molar refractivity (Wildman–Crippen MR) is 147 cm³/mol. The van der Waals surface area contributed by atoms with Gasteiger partial charge in [0.05, 0.1) is 5.56 Å². The van der Waals surface area contributed by atoms with Crippen molar-refractivity contribution in [2.45, 2.75) is 46.1 Å². The number of nitrogens with one attached hydrogen (secondary N) is 1. The number of nitrogens with zero attached hydrogens (tertiary/aromatic N) is 1. The first-order chi connectivity index (χ1) is 17.6. The Labute approximate surface area is 212 Å². The van der Waals surface area contributed by atoms with Gasteiger partial charge in [0, 0.05) is 23.2 Å². The van der Waals surface area contributed by atoms with E-state index >= 15 is 0 Å². The van der Waals surface area contributed by atoms with Crippen LogP contribution in [-0.4, -0.2) is 23.9 Å². The second-order valence-corrected chi connectivity index (χ2v) is 9.20. The van der Waals surface area contributed by atoms with E-state index in [1.807, 2.05) is 36.4 Å². The van der Waals surface area contributed by atoms with Gasteiger partial charge in [-0.1, -0.05) is 69.2 Å². The number of anilines is 1. The number of rotatable bonds is 11. The molecule has 4 aromatic rings. The third-order valence-corrected chi connectivity index (χ3v) is 6.35. The molecule has 4 rings (SSSR count). The minimum atomic E-state index is -0.422. The Morgan fingerprint density at radius 1 is 0.861 bits per heavy atom. The van der Waals surface area contributed by atoms with Crippen LogP contribution in [0.5, 0.6) is 0 Å². The number of hydrogen-bond acceptors (Lipinski definition) is 4. The second kappa shape index (κ2) is 12.3. The number of unbranched alkanes of at least 4 members (excludes halogenated alkanes) is 2. The lowest BCUT2D eigenvalue weighted by Crippen LogP contribution is -2.25. The van der Waals surface area contributed by atoms with E-state index in [0.29, 0.717) is 22.3 Å². The van der Waals surface area contributed by atoms with E-state index < -0.39 is 5.63 Å². The maximum Gasteiger partial charge on any atom is 0.344 e. The molecular formula is C31H34N2O3. The van der Waals surface area contributed by atoms with E-state index in [1.165, 1.54) is 31.2 Å². The lowest BCUT2D eigenvalue weighted by molar-refractivity contribution is 0.102. The normalized spacial score (nSPS) is 11.2. The van der Waals surface area contributed by atoms with Gasteiger partial charge in [0.2, 0.25) is 0 Å². The van der Waals surface area contributed by atoms with Gasteiger partial charge in [0.25, 0.3) is 5.91 Å². The van der Waals surface area contributed by atoms with Gasteiger partial charge in [-0.3, -0.25) is 9.69 Å². The number of hydrogen-bond donors (Lipinski definition) is 1. The Kier molecular flexibility index (Phi) is 8.69. The summed E-state index contributed by atoms with van der Waals surface area (Å²) in [6.45, 7) is 7.59. The summed E-state index contributed by atoms with van der Waals surface area (Å²) >= 11 is 0. The van der Waals surface area contributed by atoms with Crippen molar-refractivity contribution in [1.29, 1.82) is 0 Å². The van der Waals surface area contributed by atoms with Gasteiger partial charge in [-0.15, -0.1) is 0 Å². The second-order valence-electron chi connectivity index (χ2n) is 9.20. The van der Waals surface area contributed by atoms with Crippen molar-refractivity contribution in [3.05, 3.63) is 100 Å². The molecule has 0 unspecified atom stereocenters. The summed E-state index contributed by atoms with van der Waals surface area (Å²) < 4.78 is 5.47. The molecule has 0 saturated heterocycles. The highest BCUT2D eigenvalue weighted by atomic mass is 16.4. The van der Waals surface area contributed by atoms with Gasteiger partial charge in [-0.25, -0.2) is 4.79 Å². The van der Waals surface area contributed by atoms with Gasteiger partial charge >= 0.3 is 5.63 Å². The van der Waals surface area contributed by atoms with Crippen LogP contribution >= 0.6 is 0 Å². The molecular weight excluding hydrogens is 448 g/mol. The summed E-state index contributed by atoms with van der Waals surface area (Å²) in [5, 5.41) is 3.81. The van der Waals surface area contributed by atoms with Crippen molar-refractivity contribution in [1.82, 2.24) is 4.90 Å². The molecule has 5 heteroatoms. The first-order valence-corrected chi connectivity index (χ1v) is 12.8. The summed E-state index contributed by atoms with van der Waals surface area (Å²) in [6.07, 6.45) is 4.80. The van der Waals surface area contributed by atoms with Crippen molar-refractivity contribution in [3.63, 3.8) is 0 Å². The lowest BCUT2D eigenvalue weighted by atomic mass is 10.0. The smallest absolute Gasteiger partial charge is 0.344 e. The molecule has 36 heavy (non-hydrogen) atoms. The number of amides is 1. The number of benzene rings is 3. The SMILES string of the molecule is CCCCN(CCCC)Cc1ccc(NC(=O)c2cccc(-c3cc4ccccc4oc3=O)c2)cc1. The third-order valence-electron chi connectivity index (χ3n) is 6.35. The molecule has 1 heterocycles. The van der Waals surface area contributed by atoms with Crippen LogP contribution in [0.2, 0.25) is 0 Å². The third kappa shape index (κ3) is 6.49. The van der Waals surface area contributed by atoms with Crippen LogP contribution < -0.4 is 10.9 Å². The standard InChI is InChI=1S/C31H34N2O3/c1-3-5-18-33(19-6-4-2)22-23-14-16-27(17-15-23)32-30(34)26-12-9-11-24(20-26)28-21-25-10-7-8-13-29(25)36-31(28)35/h7-17,20-21H,3-6,18-19,22H2,1-2H3,(H,32,34). The Bertz CT molecular complexity index is 1350. The quantitative estimate of drug-likeness (QED) is 0.231. The van der Waals surface area contributed by atoms with E-state index in [9.17, 15) is 9.59 Å². The topological polar surface area (TPSA) is 62.6 Å². The summed E-state index contributed by atoms with van der Waals surface area (Å²) in [5.74, 6) is -0.220. The van der Waals surface area contributed by atoms with Crippen LogP contribution in [0.15, 0.2) is 88.1 Å². The molecule has 0 aliphatic carbocycles. The fourth-order valence-electron chi connectivity index (χ4n) is 4.28. The Hall–Kier alpha value is -3.70. The number of fused-ring (bicyclic) bond motifs is 1. The molecule has 1 N–H and O–H groups in total. The lowest BCUT2D eigenvalue weighted by Gasteiger charge is -2.22. The predicted octanol–water partition coefficient (Wildman–Crippen LogP) is 7.11. The minimum absolute atomic E-state index is 0.220. The monoisotopic (exact) mass is 482 g/mol. The van der Waals surface area contributed by atoms with Gasteiger partial charge in [0.1, 0.15) is 5.58 Å². The molecule has 0 saturated carbocycles. The van der Waals surface area contributed by atoms with Gasteiger partial charge in [-0.05, 0) is 73.5 Å². The van der Waals surface area contributed by atoms with Crippen LogP contribution in [0.3, 0.4) is 0 Å². The number of carbonyl (C=O) groups is 1. The minimum Gasteiger partial charge on any atom is -0.422 e. The Balaban J connectivity index is 1.45. The first-order valence-electron chi connectivity index (χ1n) is 12.8. The van der Waals surface area contributed by atoms with Gasteiger partial charge in [-0.2, -0.15) is 0 Å². The molecule has 0 atom stereocenters. The van der Waals surface area contributed by atoms with Crippen LogP contribution in [-0.2, 0) is 6.54 Å². The van der Waals surface area contributed by atoms with Crippen molar-refractivity contribution in [2.75, 3.05) is 18.4 Å². The highest BCUT2D eigenvalue weighted by Crippen LogP contribution is 2.22. The summed E-state index contributed by atoms with van der Waals surface area (Å²) in [5.41, 5.74) is 3.67. The Morgan fingerprint density at radius 3 is 2.31 bits per heavy atom. The maximum absolute atomic E-state index is 13.0. The molecule has 186 valence electrons. The highest BCUT2D eigenvalue weighted by Gasteiger charge is 2.12. The molecule has 3 aromatic carbocycles. The van der Waals surface area contributed by atoms with Crippen molar-refractivity contribution in [2.24, 2.45) is 0 Å². The molecule has 0 aliphatic rings. The average Bonchev–Trinajstić information content (AvgIpc) is 2.91. The molecule has 0 aliphatic heterocycles. The molecule has 0 bridgehead atoms. The van der Waals surface area contributed by atoms with Crippen LogP contribution in [0.1, 0.15) is 55.5 Å². The van der Waals surface area contributed by atoms with Crippen LogP contribution in [0, 0.1) is 0 Å². The van der Waals surface area contributed by atoms with E-state index in [-0.39, 0.29) is 5.91 Å². The number of para-hydroxylation sites is 1. The average molecular weight is 483 g/mol. The van der Waals surface area contributed by atoms with E-state index in [0.717, 1.165) is 30.7 Å². The fraction of sp³-hybridized carbons (Fsp3) is 0.290. The Morgan fingerprint density at radius 2 is 1.58 bits per heavy atom. The largest absolute Gasteiger partial charge is 0.422 e. The maximum atomic E-state index is 13.0. The fourth-order valence-corrected chi connectivity index (χ4v) is 4.28. The molecule has 0 fully saturated rings. The molecule has 1 amide bonds. The van der Waals surface area contributed by atoms with E-state index in [4.69, 9.17) is 4.42 Å². The zero-order chi connectivity index (χ0) is 25.3. The molecule has 0 spiro atoms. The van der Waals surface area contributed by atoms with Gasteiger partial charge in [0.15, 0.2) is 0 Å². The highest BCUT2D eigenvalue weighted by molar-refractivity contribution is 6.05. The van der Waals surface area contributed by atoms with Crippen LogP contribution in [0.25, 0.3) is 22.1 Å². The first kappa shape index (κ1) is 25.4.